The maximum atomic E-state index is 5.76. The number of nitrogens with two attached hydrogens (primary N) is 1. The Morgan fingerprint density at radius 3 is 2.13 bits per heavy atom. The van der Waals surface area contributed by atoms with Crippen molar-refractivity contribution in [2.45, 2.75) is 53.0 Å². The summed E-state index contributed by atoms with van der Waals surface area (Å²) in [6.07, 6.45) is 3.48. The average molecular weight is 205 g/mol. The van der Waals surface area contributed by atoms with E-state index >= 15 is 0 Å². The molecule has 0 aromatic heterocycles. The van der Waals surface area contributed by atoms with Gasteiger partial charge in [-0.25, -0.2) is 0 Å². The van der Waals surface area contributed by atoms with Gasteiger partial charge in [-0.2, -0.15) is 0 Å². The predicted octanol–water partition coefficient (Wildman–Crippen LogP) is 3.28. The smallest absolute Gasteiger partial charge is 0.00105 e. The molecule has 0 aliphatic carbocycles. The first-order valence-electron chi connectivity index (χ1n) is 5.83. The Morgan fingerprint density at radius 1 is 1.13 bits per heavy atom. The highest BCUT2D eigenvalue weighted by molar-refractivity contribution is 5.37. The van der Waals surface area contributed by atoms with Gasteiger partial charge in [0.15, 0.2) is 0 Å². The Kier molecular flexibility index (Phi) is 4.34. The van der Waals surface area contributed by atoms with E-state index in [0.717, 1.165) is 6.42 Å². The van der Waals surface area contributed by atoms with Crippen molar-refractivity contribution in [3.63, 3.8) is 0 Å². The molecule has 0 saturated carbocycles. The standard InChI is InChI=1S/C14H23N/c1-10-8-11(2)14(12(3)9-10)7-5-6-13(4)15/h8-9,13H,5-7,15H2,1-4H3. The summed E-state index contributed by atoms with van der Waals surface area (Å²) >= 11 is 0. The van der Waals surface area contributed by atoms with Crippen molar-refractivity contribution in [3.8, 4) is 0 Å². The topological polar surface area (TPSA) is 26.0 Å². The number of benzene rings is 1. The summed E-state index contributed by atoms with van der Waals surface area (Å²) in [5.41, 5.74) is 11.5. The minimum Gasteiger partial charge on any atom is -0.328 e. The third kappa shape index (κ3) is 3.67. The fourth-order valence-electron chi connectivity index (χ4n) is 2.21. The van der Waals surface area contributed by atoms with E-state index in [9.17, 15) is 0 Å². The third-order valence-corrected chi connectivity index (χ3v) is 2.93. The molecule has 0 bridgehead atoms. The molecule has 0 spiro atoms. The number of aryl methyl sites for hydroxylation is 3. The first-order valence-corrected chi connectivity index (χ1v) is 5.83. The summed E-state index contributed by atoms with van der Waals surface area (Å²) in [7, 11) is 0. The summed E-state index contributed by atoms with van der Waals surface area (Å²) in [4.78, 5) is 0. The molecular formula is C14H23N. The van der Waals surface area contributed by atoms with E-state index in [1.54, 1.807) is 0 Å². The Balaban J connectivity index is 2.68. The molecule has 0 radical (unpaired) electrons. The Bertz CT molecular complexity index is 303. The number of rotatable bonds is 4. The van der Waals surface area contributed by atoms with Crippen molar-refractivity contribution in [1.29, 1.82) is 0 Å². The van der Waals surface area contributed by atoms with Crippen LogP contribution in [-0.2, 0) is 6.42 Å². The molecule has 15 heavy (non-hydrogen) atoms. The lowest BCUT2D eigenvalue weighted by Crippen LogP contribution is -2.14. The molecule has 1 aromatic rings. The van der Waals surface area contributed by atoms with Crippen LogP contribution in [0.4, 0.5) is 0 Å². The zero-order valence-electron chi connectivity index (χ0n) is 10.4. The monoisotopic (exact) mass is 205 g/mol. The first kappa shape index (κ1) is 12.3. The summed E-state index contributed by atoms with van der Waals surface area (Å²) in [6.45, 7) is 8.66. The van der Waals surface area contributed by atoms with E-state index in [1.807, 2.05) is 0 Å². The molecule has 1 aromatic carbocycles. The van der Waals surface area contributed by atoms with Crippen LogP contribution in [0.3, 0.4) is 0 Å². The summed E-state index contributed by atoms with van der Waals surface area (Å²) in [5.74, 6) is 0. The number of hydrogen-bond donors (Lipinski definition) is 1. The van der Waals surface area contributed by atoms with Gasteiger partial charge in [0.25, 0.3) is 0 Å². The molecule has 0 aliphatic heterocycles. The van der Waals surface area contributed by atoms with Crippen LogP contribution in [0.15, 0.2) is 12.1 Å². The largest absolute Gasteiger partial charge is 0.328 e. The van der Waals surface area contributed by atoms with Crippen LogP contribution < -0.4 is 5.73 Å². The minimum atomic E-state index is 0.330. The van der Waals surface area contributed by atoms with Crippen LogP contribution in [0, 0.1) is 20.8 Å². The highest BCUT2D eigenvalue weighted by atomic mass is 14.6. The van der Waals surface area contributed by atoms with Crippen LogP contribution in [0.2, 0.25) is 0 Å². The zero-order valence-corrected chi connectivity index (χ0v) is 10.4. The lowest BCUT2D eigenvalue weighted by atomic mass is 9.95. The SMILES string of the molecule is Cc1cc(C)c(CCCC(C)N)c(C)c1. The summed E-state index contributed by atoms with van der Waals surface area (Å²) in [6, 6.07) is 4.87. The van der Waals surface area contributed by atoms with E-state index < -0.39 is 0 Å². The van der Waals surface area contributed by atoms with Gasteiger partial charge in [0.2, 0.25) is 0 Å². The van der Waals surface area contributed by atoms with Crippen molar-refractivity contribution in [1.82, 2.24) is 0 Å². The molecule has 0 aliphatic rings. The van der Waals surface area contributed by atoms with Gasteiger partial charge < -0.3 is 5.73 Å². The second kappa shape index (κ2) is 5.32. The van der Waals surface area contributed by atoms with Crippen LogP contribution in [0.1, 0.15) is 42.0 Å². The number of hydrogen-bond acceptors (Lipinski definition) is 1. The third-order valence-electron chi connectivity index (χ3n) is 2.93. The quantitative estimate of drug-likeness (QED) is 0.802. The molecular weight excluding hydrogens is 182 g/mol. The van der Waals surface area contributed by atoms with Crippen LogP contribution >= 0.6 is 0 Å². The van der Waals surface area contributed by atoms with Crippen LogP contribution in [-0.4, -0.2) is 6.04 Å². The van der Waals surface area contributed by atoms with E-state index in [0.29, 0.717) is 6.04 Å². The van der Waals surface area contributed by atoms with E-state index in [-0.39, 0.29) is 0 Å². The van der Waals surface area contributed by atoms with Gasteiger partial charge in [-0.05, 0) is 63.6 Å². The second-order valence-corrected chi connectivity index (χ2v) is 4.75. The van der Waals surface area contributed by atoms with Gasteiger partial charge in [-0.15, -0.1) is 0 Å². The van der Waals surface area contributed by atoms with Gasteiger partial charge in [-0.3, -0.25) is 0 Å². The maximum Gasteiger partial charge on any atom is 0.00105 e. The van der Waals surface area contributed by atoms with Crippen molar-refractivity contribution >= 4 is 0 Å². The zero-order chi connectivity index (χ0) is 11.4. The molecule has 1 heteroatoms. The van der Waals surface area contributed by atoms with E-state index in [4.69, 9.17) is 5.73 Å². The van der Waals surface area contributed by atoms with Crippen LogP contribution in [0.5, 0.6) is 0 Å². The molecule has 1 unspecified atom stereocenters. The predicted molar refractivity (Wildman–Crippen MR) is 67.2 cm³/mol. The minimum absolute atomic E-state index is 0.330. The van der Waals surface area contributed by atoms with Crippen LogP contribution in [0.25, 0.3) is 0 Å². The second-order valence-electron chi connectivity index (χ2n) is 4.75. The molecule has 1 rings (SSSR count). The van der Waals surface area contributed by atoms with Gasteiger partial charge in [-0.1, -0.05) is 17.7 Å². The van der Waals surface area contributed by atoms with E-state index in [2.05, 4.69) is 39.8 Å². The van der Waals surface area contributed by atoms with Crippen molar-refractivity contribution in [2.75, 3.05) is 0 Å². The lowest BCUT2D eigenvalue weighted by Gasteiger charge is -2.12. The van der Waals surface area contributed by atoms with Gasteiger partial charge in [0, 0.05) is 6.04 Å². The Hall–Kier alpha value is -0.820. The van der Waals surface area contributed by atoms with Crippen molar-refractivity contribution in [2.24, 2.45) is 5.73 Å². The highest BCUT2D eigenvalue weighted by Crippen LogP contribution is 2.18. The fraction of sp³-hybridized carbons (Fsp3) is 0.571. The molecule has 84 valence electrons. The molecule has 0 saturated heterocycles. The molecule has 0 heterocycles. The lowest BCUT2D eigenvalue weighted by molar-refractivity contribution is 0.622. The summed E-state index contributed by atoms with van der Waals surface area (Å²) in [5, 5.41) is 0. The molecule has 1 atom stereocenters. The van der Waals surface area contributed by atoms with E-state index in [1.165, 1.54) is 35.1 Å². The normalized spacial score (nSPS) is 12.9. The van der Waals surface area contributed by atoms with Crippen molar-refractivity contribution < 1.29 is 0 Å². The first-order chi connectivity index (χ1) is 7.00. The summed E-state index contributed by atoms with van der Waals surface area (Å²) < 4.78 is 0. The van der Waals surface area contributed by atoms with Gasteiger partial charge >= 0.3 is 0 Å². The van der Waals surface area contributed by atoms with Crippen molar-refractivity contribution in [3.05, 3.63) is 34.4 Å². The molecule has 0 amide bonds. The average Bonchev–Trinajstić information content (AvgIpc) is 2.08. The molecule has 1 nitrogen and oxygen atoms in total. The molecule has 2 N–H and O–H groups in total. The van der Waals surface area contributed by atoms with Gasteiger partial charge in [0.05, 0.1) is 0 Å². The Morgan fingerprint density at radius 2 is 1.67 bits per heavy atom. The fourth-order valence-corrected chi connectivity index (χ4v) is 2.21. The van der Waals surface area contributed by atoms with Gasteiger partial charge in [0.1, 0.15) is 0 Å². The maximum absolute atomic E-state index is 5.76. The highest BCUT2D eigenvalue weighted by Gasteiger charge is 2.04. The molecule has 0 fully saturated rings. The Labute approximate surface area is 93.7 Å².